The van der Waals surface area contributed by atoms with E-state index in [0.29, 0.717) is 31.3 Å². The van der Waals surface area contributed by atoms with Crippen molar-refractivity contribution in [1.82, 2.24) is 4.90 Å². The van der Waals surface area contributed by atoms with Gasteiger partial charge in [-0.3, -0.25) is 9.69 Å². The van der Waals surface area contributed by atoms with E-state index >= 15 is 0 Å². The number of piperidine rings is 1. The van der Waals surface area contributed by atoms with E-state index in [2.05, 4.69) is 17.9 Å². The van der Waals surface area contributed by atoms with Crippen LogP contribution in [0, 0.1) is 17.2 Å². The Morgan fingerprint density at radius 1 is 1.22 bits per heavy atom. The maximum absolute atomic E-state index is 11.3. The second-order valence-electron chi connectivity index (χ2n) is 7.14. The first-order valence-corrected chi connectivity index (χ1v) is 9.23. The van der Waals surface area contributed by atoms with Crippen molar-refractivity contribution < 1.29 is 14.6 Å². The minimum atomic E-state index is -0.705. The molecule has 1 aliphatic rings. The molecule has 1 heterocycles. The molecule has 0 aliphatic carbocycles. The number of rotatable bonds is 6. The predicted octanol–water partition coefficient (Wildman–Crippen LogP) is 3.82. The Labute approximate surface area is 159 Å². The van der Waals surface area contributed by atoms with Gasteiger partial charge in [0.2, 0.25) is 0 Å². The number of carboxylic acid groups (broad SMARTS) is 1. The molecule has 0 bridgehead atoms. The first kappa shape index (κ1) is 18.9. The van der Waals surface area contributed by atoms with Gasteiger partial charge in [-0.2, -0.15) is 5.26 Å². The number of nitrogens with zero attached hydrogens (tertiary/aromatic N) is 2. The van der Waals surface area contributed by atoms with Gasteiger partial charge in [-0.05, 0) is 55.2 Å². The summed E-state index contributed by atoms with van der Waals surface area (Å²) in [7, 11) is 0. The van der Waals surface area contributed by atoms with Crippen LogP contribution in [0.25, 0.3) is 0 Å². The monoisotopic (exact) mass is 364 g/mol. The minimum absolute atomic E-state index is 0.284. The Bertz CT molecular complexity index is 843. The van der Waals surface area contributed by atoms with Gasteiger partial charge >= 0.3 is 5.97 Å². The summed E-state index contributed by atoms with van der Waals surface area (Å²) in [5.74, 6) is -0.217. The van der Waals surface area contributed by atoms with Crippen LogP contribution in [0.15, 0.2) is 48.5 Å². The van der Waals surface area contributed by atoms with Gasteiger partial charge in [0.15, 0.2) is 0 Å². The van der Waals surface area contributed by atoms with Crippen LogP contribution in [0.5, 0.6) is 5.75 Å². The average Bonchev–Trinajstić information content (AvgIpc) is 2.68. The van der Waals surface area contributed by atoms with Crippen molar-refractivity contribution in [3.05, 3.63) is 65.2 Å². The molecule has 27 heavy (non-hydrogen) atoms. The smallest absolute Gasteiger partial charge is 0.307 e. The lowest BCUT2D eigenvalue weighted by Crippen LogP contribution is -2.43. The van der Waals surface area contributed by atoms with Gasteiger partial charge in [-0.1, -0.05) is 24.3 Å². The molecule has 0 amide bonds. The molecule has 2 aromatic carbocycles. The fourth-order valence-electron chi connectivity index (χ4n) is 3.47. The number of ether oxygens (including phenoxy) is 1. The van der Waals surface area contributed by atoms with E-state index in [1.807, 2.05) is 42.5 Å². The highest BCUT2D eigenvalue weighted by Gasteiger charge is 2.29. The molecule has 2 unspecified atom stereocenters. The number of aliphatic carboxylic acids is 1. The maximum atomic E-state index is 11.3. The summed E-state index contributed by atoms with van der Waals surface area (Å²) in [6.45, 7) is 3.86. The maximum Gasteiger partial charge on any atom is 0.307 e. The summed E-state index contributed by atoms with van der Waals surface area (Å²) >= 11 is 0. The molecule has 2 atom stereocenters. The molecule has 0 aromatic heterocycles. The molecule has 5 heteroatoms. The van der Waals surface area contributed by atoms with Crippen molar-refractivity contribution in [2.45, 2.75) is 39.0 Å². The van der Waals surface area contributed by atoms with Crippen molar-refractivity contribution in [3.63, 3.8) is 0 Å². The van der Waals surface area contributed by atoms with Crippen molar-refractivity contribution in [2.24, 2.45) is 5.92 Å². The standard InChI is InChI=1S/C22H24N2O3/c1-16-8-9-20(22(25)26)14-24(16)13-18-5-3-7-21(11-18)27-15-19-6-2-4-17(10-19)12-23/h2-7,10-11,16,20H,8-9,13-15H2,1H3,(H,25,26). The zero-order valence-corrected chi connectivity index (χ0v) is 15.5. The number of likely N-dealkylation sites (tertiary alicyclic amines) is 1. The summed E-state index contributed by atoms with van der Waals surface area (Å²) in [5, 5.41) is 18.3. The highest BCUT2D eigenvalue weighted by Crippen LogP contribution is 2.25. The summed E-state index contributed by atoms with van der Waals surface area (Å²) < 4.78 is 5.89. The average molecular weight is 364 g/mol. The first-order chi connectivity index (χ1) is 13.0. The van der Waals surface area contributed by atoms with Crippen LogP contribution in [-0.4, -0.2) is 28.6 Å². The Hall–Kier alpha value is -2.84. The van der Waals surface area contributed by atoms with Gasteiger partial charge < -0.3 is 9.84 Å². The van der Waals surface area contributed by atoms with E-state index < -0.39 is 5.97 Å². The largest absolute Gasteiger partial charge is 0.489 e. The summed E-state index contributed by atoms with van der Waals surface area (Å²) in [6.07, 6.45) is 1.65. The second kappa shape index (κ2) is 8.70. The highest BCUT2D eigenvalue weighted by atomic mass is 16.5. The number of hydrogen-bond acceptors (Lipinski definition) is 4. The molecular formula is C22H24N2O3. The van der Waals surface area contributed by atoms with Crippen LogP contribution in [-0.2, 0) is 17.9 Å². The number of hydrogen-bond donors (Lipinski definition) is 1. The lowest BCUT2D eigenvalue weighted by Gasteiger charge is -2.36. The quantitative estimate of drug-likeness (QED) is 0.843. The van der Waals surface area contributed by atoms with E-state index in [1.165, 1.54) is 0 Å². The van der Waals surface area contributed by atoms with E-state index in [9.17, 15) is 9.90 Å². The Morgan fingerprint density at radius 3 is 2.78 bits per heavy atom. The normalized spacial score (nSPS) is 20.0. The lowest BCUT2D eigenvalue weighted by atomic mass is 9.93. The molecule has 140 valence electrons. The third-order valence-electron chi connectivity index (χ3n) is 5.11. The van der Waals surface area contributed by atoms with E-state index in [-0.39, 0.29) is 5.92 Å². The Balaban J connectivity index is 1.63. The van der Waals surface area contributed by atoms with Crippen molar-refractivity contribution >= 4 is 5.97 Å². The number of benzene rings is 2. The molecule has 1 N–H and O–H groups in total. The van der Waals surface area contributed by atoms with Gasteiger partial charge in [-0.25, -0.2) is 0 Å². The molecule has 0 spiro atoms. The van der Waals surface area contributed by atoms with Gasteiger partial charge in [0.05, 0.1) is 17.6 Å². The van der Waals surface area contributed by atoms with Crippen molar-refractivity contribution in [1.29, 1.82) is 5.26 Å². The number of carboxylic acids is 1. The Kier molecular flexibility index (Phi) is 6.10. The fraction of sp³-hybridized carbons (Fsp3) is 0.364. The zero-order chi connectivity index (χ0) is 19.2. The summed E-state index contributed by atoms with van der Waals surface area (Å²) in [5.41, 5.74) is 2.68. The fourth-order valence-corrected chi connectivity index (χ4v) is 3.47. The molecule has 3 rings (SSSR count). The summed E-state index contributed by atoms with van der Waals surface area (Å²) in [4.78, 5) is 13.5. The summed E-state index contributed by atoms with van der Waals surface area (Å²) in [6, 6.07) is 17.8. The number of carbonyl (C=O) groups is 1. The highest BCUT2D eigenvalue weighted by molar-refractivity contribution is 5.70. The lowest BCUT2D eigenvalue weighted by molar-refractivity contribution is -0.144. The molecule has 1 fully saturated rings. The molecule has 5 nitrogen and oxygen atoms in total. The van der Waals surface area contributed by atoms with Gasteiger partial charge in [0.25, 0.3) is 0 Å². The SMILES string of the molecule is CC1CCC(C(=O)O)CN1Cc1cccc(OCc2cccc(C#N)c2)c1. The van der Waals surface area contributed by atoms with E-state index in [4.69, 9.17) is 10.00 Å². The Morgan fingerprint density at radius 2 is 2.00 bits per heavy atom. The zero-order valence-electron chi connectivity index (χ0n) is 15.5. The van der Waals surface area contributed by atoms with Crippen LogP contribution >= 0.6 is 0 Å². The van der Waals surface area contributed by atoms with Gasteiger partial charge in [0.1, 0.15) is 12.4 Å². The topological polar surface area (TPSA) is 73.6 Å². The van der Waals surface area contributed by atoms with Gasteiger partial charge in [0, 0.05) is 19.1 Å². The molecule has 1 saturated heterocycles. The first-order valence-electron chi connectivity index (χ1n) is 9.23. The number of nitriles is 1. The third-order valence-corrected chi connectivity index (χ3v) is 5.11. The van der Waals surface area contributed by atoms with Crippen LogP contribution in [0.2, 0.25) is 0 Å². The van der Waals surface area contributed by atoms with E-state index in [1.54, 1.807) is 6.07 Å². The van der Waals surface area contributed by atoms with Crippen LogP contribution < -0.4 is 4.74 Å². The molecule has 1 aliphatic heterocycles. The third kappa shape index (κ3) is 5.08. The van der Waals surface area contributed by atoms with Crippen LogP contribution in [0.4, 0.5) is 0 Å². The molecule has 2 aromatic rings. The van der Waals surface area contributed by atoms with Crippen LogP contribution in [0.1, 0.15) is 36.5 Å². The minimum Gasteiger partial charge on any atom is -0.489 e. The second-order valence-corrected chi connectivity index (χ2v) is 7.14. The van der Waals surface area contributed by atoms with E-state index in [0.717, 1.165) is 29.7 Å². The van der Waals surface area contributed by atoms with Crippen molar-refractivity contribution in [2.75, 3.05) is 6.54 Å². The van der Waals surface area contributed by atoms with Crippen LogP contribution in [0.3, 0.4) is 0 Å². The molecular weight excluding hydrogens is 340 g/mol. The molecule has 0 radical (unpaired) electrons. The van der Waals surface area contributed by atoms with Crippen molar-refractivity contribution in [3.8, 4) is 11.8 Å². The van der Waals surface area contributed by atoms with Gasteiger partial charge in [-0.15, -0.1) is 0 Å². The predicted molar refractivity (Wildman–Crippen MR) is 102 cm³/mol. The molecule has 0 saturated carbocycles.